The van der Waals surface area contributed by atoms with Crippen LogP contribution in [0.15, 0.2) is 0 Å². The minimum atomic E-state index is 0. The summed E-state index contributed by atoms with van der Waals surface area (Å²) in [6, 6.07) is 0. The molecule has 0 unspecified atom stereocenters. The molecule has 0 heterocycles. The first-order valence-corrected chi connectivity index (χ1v) is 3.68. The summed E-state index contributed by atoms with van der Waals surface area (Å²) in [5, 5.41) is 0. The van der Waals surface area contributed by atoms with Gasteiger partial charge < -0.3 is 5.73 Å². The number of hydrogen-bond acceptors (Lipinski definition) is 1. The molecule has 10 heavy (non-hydrogen) atoms. The van der Waals surface area contributed by atoms with E-state index in [0.717, 1.165) is 0 Å². The van der Waals surface area contributed by atoms with Crippen LogP contribution in [0.2, 0.25) is 0 Å². The van der Waals surface area contributed by atoms with Crippen molar-refractivity contribution in [2.75, 3.05) is 0 Å². The molecule has 0 aromatic heterocycles. The average molecular weight is 236 g/mol. The zero-order valence-corrected chi connectivity index (χ0v) is 9.10. The van der Waals surface area contributed by atoms with Gasteiger partial charge in [-0.2, -0.15) is 0 Å². The van der Waals surface area contributed by atoms with Gasteiger partial charge in [0.1, 0.15) is 0 Å². The quantitative estimate of drug-likeness (QED) is 0.728. The summed E-state index contributed by atoms with van der Waals surface area (Å²) < 4.78 is 0. The molecular formula is C8H19NPd. The Hall–Kier alpha value is 0.622. The van der Waals surface area contributed by atoms with Crippen molar-refractivity contribution in [2.24, 2.45) is 17.6 Å². The molecule has 0 aliphatic carbocycles. The van der Waals surface area contributed by atoms with E-state index in [4.69, 9.17) is 5.73 Å². The van der Waals surface area contributed by atoms with Crippen molar-refractivity contribution in [3.8, 4) is 0 Å². The summed E-state index contributed by atoms with van der Waals surface area (Å²) in [5.41, 5.74) is 6.00. The topological polar surface area (TPSA) is 26.0 Å². The van der Waals surface area contributed by atoms with Crippen LogP contribution in [0.4, 0.5) is 0 Å². The predicted octanol–water partition coefficient (Wildman–Crippen LogP) is 2.01. The molecule has 0 saturated carbocycles. The van der Waals surface area contributed by atoms with E-state index in [1.807, 2.05) is 0 Å². The zero-order valence-electron chi connectivity index (χ0n) is 7.55. The van der Waals surface area contributed by atoms with Gasteiger partial charge in [0.25, 0.3) is 0 Å². The van der Waals surface area contributed by atoms with E-state index in [1.165, 1.54) is 0 Å². The van der Waals surface area contributed by atoms with E-state index < -0.39 is 0 Å². The Balaban J connectivity index is 0. The van der Waals surface area contributed by atoms with E-state index in [0.29, 0.717) is 11.8 Å². The maximum Gasteiger partial charge on any atom is 0.0172 e. The molecule has 2 heteroatoms. The van der Waals surface area contributed by atoms with Crippen LogP contribution in [0.1, 0.15) is 34.6 Å². The summed E-state index contributed by atoms with van der Waals surface area (Å²) in [7, 11) is 0. The van der Waals surface area contributed by atoms with E-state index in [2.05, 4.69) is 34.6 Å². The van der Waals surface area contributed by atoms with Gasteiger partial charge in [0.05, 0.1) is 0 Å². The number of hydrogen-bond donors (Lipinski definition) is 1. The van der Waals surface area contributed by atoms with Crippen molar-refractivity contribution in [2.45, 2.75) is 40.2 Å². The minimum absolute atomic E-state index is 0. The predicted molar refractivity (Wildman–Crippen MR) is 42.3 cm³/mol. The Bertz CT molecular complexity index is 77.3. The monoisotopic (exact) mass is 235 g/mol. The van der Waals surface area contributed by atoms with Crippen LogP contribution in [0.3, 0.4) is 0 Å². The van der Waals surface area contributed by atoms with Crippen molar-refractivity contribution in [1.82, 2.24) is 0 Å². The average Bonchev–Trinajstić information content (AvgIpc) is 1.65. The van der Waals surface area contributed by atoms with E-state index in [1.54, 1.807) is 0 Å². The molecule has 0 radical (unpaired) electrons. The summed E-state index contributed by atoms with van der Waals surface area (Å²) in [6.45, 7) is 10.8. The van der Waals surface area contributed by atoms with E-state index in [9.17, 15) is 0 Å². The molecule has 0 atom stereocenters. The molecule has 0 fully saturated rings. The Morgan fingerprint density at radius 3 is 1.20 bits per heavy atom. The third-order valence-electron chi connectivity index (χ3n) is 2.49. The Kier molecular flexibility index (Phi) is 5.94. The molecule has 0 rings (SSSR count). The third kappa shape index (κ3) is 3.14. The SMILES string of the molecule is CC(C)C(C)(N)C(C)C.[Pd]. The first-order valence-electron chi connectivity index (χ1n) is 3.68. The Morgan fingerprint density at radius 2 is 1.20 bits per heavy atom. The van der Waals surface area contributed by atoms with Crippen molar-refractivity contribution in [3.05, 3.63) is 0 Å². The molecule has 2 N–H and O–H groups in total. The standard InChI is InChI=1S/C8H19N.Pd/c1-6(2)8(5,9)7(3)4;/h6-7H,9H2,1-5H3;. The smallest absolute Gasteiger partial charge is 0.0172 e. The van der Waals surface area contributed by atoms with Crippen molar-refractivity contribution < 1.29 is 20.4 Å². The maximum absolute atomic E-state index is 6.00. The molecule has 1 nitrogen and oxygen atoms in total. The summed E-state index contributed by atoms with van der Waals surface area (Å²) in [5.74, 6) is 1.13. The molecule has 0 amide bonds. The first-order chi connectivity index (χ1) is 3.89. The van der Waals surface area contributed by atoms with Gasteiger partial charge in [0.15, 0.2) is 0 Å². The molecule has 0 aliphatic rings. The molecule has 0 bridgehead atoms. The molecular weight excluding hydrogens is 217 g/mol. The van der Waals surface area contributed by atoms with Crippen LogP contribution in [0, 0.1) is 11.8 Å². The summed E-state index contributed by atoms with van der Waals surface area (Å²) in [6.07, 6.45) is 0. The van der Waals surface area contributed by atoms with Crippen molar-refractivity contribution in [3.63, 3.8) is 0 Å². The molecule has 0 aromatic carbocycles. The Labute approximate surface area is 78.4 Å². The molecule has 66 valence electrons. The zero-order chi connectivity index (χ0) is 7.65. The molecule has 0 saturated heterocycles. The minimum Gasteiger partial charge on any atom is -0.325 e. The van der Waals surface area contributed by atoms with Crippen LogP contribution in [-0.2, 0) is 20.4 Å². The fourth-order valence-corrected chi connectivity index (χ4v) is 0.667. The fraction of sp³-hybridized carbons (Fsp3) is 1.00. The van der Waals surface area contributed by atoms with Crippen molar-refractivity contribution in [1.29, 1.82) is 0 Å². The van der Waals surface area contributed by atoms with Gasteiger partial charge >= 0.3 is 0 Å². The van der Waals surface area contributed by atoms with Crippen LogP contribution in [0.5, 0.6) is 0 Å². The second kappa shape index (κ2) is 4.49. The van der Waals surface area contributed by atoms with Gasteiger partial charge in [-0.05, 0) is 18.8 Å². The van der Waals surface area contributed by atoms with Crippen LogP contribution < -0.4 is 5.73 Å². The van der Waals surface area contributed by atoms with Crippen LogP contribution in [-0.4, -0.2) is 5.54 Å². The number of nitrogens with two attached hydrogens (primary N) is 1. The second-order valence-corrected chi connectivity index (χ2v) is 3.68. The molecule has 0 aromatic rings. The second-order valence-electron chi connectivity index (χ2n) is 3.68. The van der Waals surface area contributed by atoms with Crippen LogP contribution >= 0.6 is 0 Å². The molecule has 0 aliphatic heterocycles. The van der Waals surface area contributed by atoms with Gasteiger partial charge in [-0.1, -0.05) is 27.7 Å². The van der Waals surface area contributed by atoms with E-state index in [-0.39, 0.29) is 26.0 Å². The van der Waals surface area contributed by atoms with Crippen molar-refractivity contribution >= 4 is 0 Å². The first kappa shape index (κ1) is 13.2. The Morgan fingerprint density at radius 1 is 1.00 bits per heavy atom. The van der Waals surface area contributed by atoms with Crippen LogP contribution in [0.25, 0.3) is 0 Å². The third-order valence-corrected chi connectivity index (χ3v) is 2.49. The summed E-state index contributed by atoms with van der Waals surface area (Å²) >= 11 is 0. The van der Waals surface area contributed by atoms with E-state index >= 15 is 0 Å². The van der Waals surface area contributed by atoms with Gasteiger partial charge in [0.2, 0.25) is 0 Å². The van der Waals surface area contributed by atoms with Gasteiger partial charge in [0, 0.05) is 26.0 Å². The van der Waals surface area contributed by atoms with Gasteiger partial charge in [-0.3, -0.25) is 0 Å². The van der Waals surface area contributed by atoms with Gasteiger partial charge in [-0.25, -0.2) is 0 Å². The maximum atomic E-state index is 6.00. The normalized spacial score (nSPS) is 12.0. The summed E-state index contributed by atoms with van der Waals surface area (Å²) in [4.78, 5) is 0. The molecule has 0 spiro atoms. The fourth-order valence-electron chi connectivity index (χ4n) is 0.667. The number of rotatable bonds is 2. The van der Waals surface area contributed by atoms with Gasteiger partial charge in [-0.15, -0.1) is 0 Å². The largest absolute Gasteiger partial charge is 0.325 e.